The summed E-state index contributed by atoms with van der Waals surface area (Å²) in [4.78, 5) is 0. The van der Waals surface area contributed by atoms with Crippen LogP contribution in [-0.4, -0.2) is 0 Å². The first-order valence-corrected chi connectivity index (χ1v) is 6.11. The predicted molar refractivity (Wildman–Crippen MR) is 78.0 cm³/mol. The zero-order valence-electron chi connectivity index (χ0n) is 11.0. The van der Waals surface area contributed by atoms with E-state index in [1.54, 1.807) is 12.1 Å². The largest absolute Gasteiger partial charge is 0.207 e. The molecule has 21 heavy (non-hydrogen) atoms. The summed E-state index contributed by atoms with van der Waals surface area (Å²) >= 11 is 0. The number of hydrogen-bond donors (Lipinski definition) is 0. The lowest BCUT2D eigenvalue weighted by atomic mass is 10.0. The Kier molecular flexibility index (Phi) is 4.50. The quantitative estimate of drug-likeness (QED) is 0.587. The van der Waals surface area contributed by atoms with E-state index in [0.717, 1.165) is 5.56 Å². The number of allylic oxidation sites excluding steroid dienone is 1. The van der Waals surface area contributed by atoms with E-state index in [2.05, 4.69) is 11.8 Å². The third-order valence-corrected chi connectivity index (χ3v) is 2.67. The second-order valence-electron chi connectivity index (χ2n) is 4.13. The second-order valence-corrected chi connectivity index (χ2v) is 4.13. The van der Waals surface area contributed by atoms with Gasteiger partial charge in [0.1, 0.15) is 23.5 Å². The summed E-state index contributed by atoms with van der Waals surface area (Å²) in [6.45, 7) is 0. The van der Waals surface area contributed by atoms with Gasteiger partial charge in [-0.1, -0.05) is 36.1 Å². The summed E-state index contributed by atoms with van der Waals surface area (Å²) in [5, 5.41) is 17.6. The van der Waals surface area contributed by atoms with Crippen molar-refractivity contribution < 1.29 is 4.39 Å². The Morgan fingerprint density at radius 1 is 0.952 bits per heavy atom. The molecule has 2 aromatic carbocycles. The Bertz CT molecular complexity index is 809. The lowest BCUT2D eigenvalue weighted by Crippen LogP contribution is -1.86. The molecule has 0 aliphatic rings. The van der Waals surface area contributed by atoms with Crippen molar-refractivity contribution in [2.45, 2.75) is 0 Å². The third-order valence-electron chi connectivity index (χ3n) is 2.67. The summed E-state index contributed by atoms with van der Waals surface area (Å²) in [5.74, 6) is 5.38. The summed E-state index contributed by atoms with van der Waals surface area (Å²) < 4.78 is 13.4. The maximum Gasteiger partial charge on any atom is 0.130 e. The Balaban J connectivity index is 2.47. The lowest BCUT2D eigenvalue weighted by Gasteiger charge is -1.99. The Morgan fingerprint density at radius 2 is 1.67 bits per heavy atom. The first-order chi connectivity index (χ1) is 10.2. The van der Waals surface area contributed by atoms with Crippen LogP contribution in [-0.2, 0) is 0 Å². The molecule has 0 aliphatic carbocycles. The zero-order valence-corrected chi connectivity index (χ0v) is 11.0. The average Bonchev–Trinajstić information content (AvgIpc) is 2.53. The number of rotatable bonds is 1. The predicted octanol–water partition coefficient (Wildman–Crippen LogP) is 3.66. The highest BCUT2D eigenvalue weighted by atomic mass is 19.1. The SMILES string of the molecule is N#CC(C#N)=Cc1ccc(F)cc1C#Cc1ccccc1. The minimum absolute atomic E-state index is 0.0515. The standard InChI is InChI=1S/C18H9FN2/c19-18-9-8-16(10-15(12-20)13-21)17(11-18)7-6-14-4-2-1-3-5-14/h1-5,8-11H. The van der Waals surface area contributed by atoms with Gasteiger partial charge in [0.2, 0.25) is 0 Å². The molecule has 0 bridgehead atoms. The Hall–Kier alpha value is -3.35. The van der Waals surface area contributed by atoms with Crippen LogP contribution in [0.25, 0.3) is 6.08 Å². The van der Waals surface area contributed by atoms with Gasteiger partial charge in [-0.15, -0.1) is 0 Å². The maximum atomic E-state index is 13.4. The molecule has 0 saturated carbocycles. The van der Waals surface area contributed by atoms with Gasteiger partial charge in [-0.3, -0.25) is 0 Å². The van der Waals surface area contributed by atoms with Crippen LogP contribution >= 0.6 is 0 Å². The van der Waals surface area contributed by atoms with Crippen LogP contribution in [0, 0.1) is 40.3 Å². The molecule has 3 heteroatoms. The molecule has 0 saturated heterocycles. The van der Waals surface area contributed by atoms with E-state index in [1.165, 1.54) is 24.3 Å². The normalized spacial score (nSPS) is 8.71. The van der Waals surface area contributed by atoms with Crippen LogP contribution in [0.4, 0.5) is 4.39 Å². The van der Waals surface area contributed by atoms with Crippen molar-refractivity contribution in [1.82, 2.24) is 0 Å². The summed E-state index contributed by atoms with van der Waals surface area (Å²) in [6, 6.07) is 16.9. The maximum absolute atomic E-state index is 13.4. The van der Waals surface area contributed by atoms with Crippen LogP contribution in [0.3, 0.4) is 0 Å². The van der Waals surface area contributed by atoms with Gasteiger partial charge in [0, 0.05) is 11.1 Å². The van der Waals surface area contributed by atoms with E-state index in [4.69, 9.17) is 10.5 Å². The zero-order chi connectivity index (χ0) is 15.1. The third kappa shape index (κ3) is 3.80. The molecule has 0 atom stereocenters. The van der Waals surface area contributed by atoms with Crippen LogP contribution < -0.4 is 0 Å². The van der Waals surface area contributed by atoms with Crippen LogP contribution in [0.5, 0.6) is 0 Å². The first-order valence-electron chi connectivity index (χ1n) is 6.11. The van der Waals surface area contributed by atoms with Crippen molar-refractivity contribution in [3.05, 3.63) is 76.6 Å². The topological polar surface area (TPSA) is 47.6 Å². The van der Waals surface area contributed by atoms with Crippen LogP contribution in [0.15, 0.2) is 54.1 Å². The molecule has 0 aromatic heterocycles. The van der Waals surface area contributed by atoms with Gasteiger partial charge in [0.05, 0.1) is 0 Å². The molecule has 0 unspecified atom stereocenters. The first kappa shape index (κ1) is 14.1. The molecule has 0 heterocycles. The molecule has 2 rings (SSSR count). The fourth-order valence-electron chi connectivity index (χ4n) is 1.67. The van der Waals surface area contributed by atoms with E-state index in [-0.39, 0.29) is 5.57 Å². The molecule has 0 radical (unpaired) electrons. The van der Waals surface area contributed by atoms with Gasteiger partial charge in [-0.25, -0.2) is 4.39 Å². The van der Waals surface area contributed by atoms with Crippen LogP contribution in [0.2, 0.25) is 0 Å². The Labute approximate surface area is 122 Å². The van der Waals surface area contributed by atoms with Crippen molar-refractivity contribution in [1.29, 1.82) is 10.5 Å². The number of nitrogens with zero attached hydrogens (tertiary/aromatic N) is 2. The Morgan fingerprint density at radius 3 is 2.33 bits per heavy atom. The van der Waals surface area contributed by atoms with E-state index < -0.39 is 5.82 Å². The highest BCUT2D eigenvalue weighted by Gasteiger charge is 2.02. The molecule has 98 valence electrons. The van der Waals surface area contributed by atoms with Crippen molar-refractivity contribution >= 4 is 6.08 Å². The van der Waals surface area contributed by atoms with E-state index in [1.807, 2.05) is 30.3 Å². The molecular formula is C18H9FN2. The van der Waals surface area contributed by atoms with Gasteiger partial charge in [-0.2, -0.15) is 10.5 Å². The van der Waals surface area contributed by atoms with Gasteiger partial charge < -0.3 is 0 Å². The van der Waals surface area contributed by atoms with Crippen molar-refractivity contribution in [3.8, 4) is 24.0 Å². The summed E-state index contributed by atoms with van der Waals surface area (Å²) in [5.41, 5.74) is 1.72. The molecular weight excluding hydrogens is 263 g/mol. The molecule has 0 fully saturated rings. The minimum Gasteiger partial charge on any atom is -0.207 e. The molecule has 0 N–H and O–H groups in total. The van der Waals surface area contributed by atoms with E-state index >= 15 is 0 Å². The smallest absolute Gasteiger partial charge is 0.130 e. The number of halogens is 1. The van der Waals surface area contributed by atoms with Gasteiger partial charge in [0.25, 0.3) is 0 Å². The molecule has 0 amide bonds. The molecule has 0 spiro atoms. The van der Waals surface area contributed by atoms with Crippen LogP contribution in [0.1, 0.15) is 16.7 Å². The van der Waals surface area contributed by atoms with Gasteiger partial charge >= 0.3 is 0 Å². The number of benzene rings is 2. The molecule has 2 nitrogen and oxygen atoms in total. The van der Waals surface area contributed by atoms with Gasteiger partial charge in [-0.05, 0) is 35.9 Å². The fourth-order valence-corrected chi connectivity index (χ4v) is 1.67. The van der Waals surface area contributed by atoms with E-state index in [0.29, 0.717) is 11.1 Å². The molecule has 2 aromatic rings. The summed E-state index contributed by atoms with van der Waals surface area (Å²) in [6.07, 6.45) is 1.40. The minimum atomic E-state index is -0.417. The van der Waals surface area contributed by atoms with Crippen molar-refractivity contribution in [3.63, 3.8) is 0 Å². The fraction of sp³-hybridized carbons (Fsp3) is 0. The lowest BCUT2D eigenvalue weighted by molar-refractivity contribution is 0.627. The second kappa shape index (κ2) is 6.71. The van der Waals surface area contributed by atoms with Crippen molar-refractivity contribution in [2.24, 2.45) is 0 Å². The molecule has 0 aliphatic heterocycles. The highest BCUT2D eigenvalue weighted by Crippen LogP contribution is 2.14. The summed E-state index contributed by atoms with van der Waals surface area (Å²) in [7, 11) is 0. The van der Waals surface area contributed by atoms with E-state index in [9.17, 15) is 4.39 Å². The van der Waals surface area contributed by atoms with Crippen molar-refractivity contribution in [2.75, 3.05) is 0 Å². The average molecular weight is 272 g/mol. The highest BCUT2D eigenvalue weighted by molar-refractivity contribution is 5.67. The number of nitriles is 2. The monoisotopic (exact) mass is 272 g/mol. The number of hydrogen-bond acceptors (Lipinski definition) is 2. The van der Waals surface area contributed by atoms with Gasteiger partial charge in [0.15, 0.2) is 0 Å².